The molecule has 0 spiro atoms. The highest BCUT2D eigenvalue weighted by Crippen LogP contribution is 2.44. The predicted molar refractivity (Wildman–Crippen MR) is 108 cm³/mol. The molecule has 0 aliphatic heterocycles. The molecule has 1 aromatic rings. The van der Waals surface area contributed by atoms with Crippen LogP contribution in [-0.2, 0) is 6.42 Å². The van der Waals surface area contributed by atoms with Gasteiger partial charge in [-0.2, -0.15) is 0 Å². The third-order valence-electron chi connectivity index (χ3n) is 7.11. The van der Waals surface area contributed by atoms with E-state index in [1.165, 1.54) is 94.7 Å². The molecule has 25 heavy (non-hydrogen) atoms. The molecule has 2 aliphatic rings. The van der Waals surface area contributed by atoms with Crippen LogP contribution < -0.4 is 0 Å². The Morgan fingerprint density at radius 2 is 1.52 bits per heavy atom. The monoisotopic (exact) mass is 341 g/mol. The van der Waals surface area contributed by atoms with Crippen molar-refractivity contribution in [3.63, 3.8) is 0 Å². The molecule has 0 aromatic carbocycles. The first kappa shape index (κ1) is 18.9. The van der Waals surface area contributed by atoms with Crippen LogP contribution in [0.15, 0.2) is 18.3 Å². The highest BCUT2D eigenvalue weighted by molar-refractivity contribution is 5.17. The number of unbranched alkanes of at least 4 members (excludes halogenated alkanes) is 1. The first-order valence-corrected chi connectivity index (χ1v) is 11.2. The lowest BCUT2D eigenvalue weighted by atomic mass is 9.68. The lowest BCUT2D eigenvalue weighted by molar-refractivity contribution is 0.156. The Hall–Kier alpha value is -0.850. The first-order valence-electron chi connectivity index (χ1n) is 11.2. The Morgan fingerprint density at radius 1 is 0.840 bits per heavy atom. The zero-order chi connectivity index (χ0) is 17.5. The minimum absolute atomic E-state index is 0.730. The molecular formula is C24H39N. The number of aromatic nitrogens is 1. The molecule has 1 aromatic heterocycles. The summed E-state index contributed by atoms with van der Waals surface area (Å²) in [7, 11) is 0. The molecule has 140 valence electrons. The van der Waals surface area contributed by atoms with Crippen LogP contribution in [0.2, 0.25) is 0 Å². The van der Waals surface area contributed by atoms with Crippen molar-refractivity contribution in [1.82, 2.24) is 4.98 Å². The molecule has 0 radical (unpaired) electrons. The zero-order valence-corrected chi connectivity index (χ0v) is 16.7. The molecule has 2 saturated carbocycles. The maximum atomic E-state index is 4.82. The van der Waals surface area contributed by atoms with Crippen LogP contribution in [0.5, 0.6) is 0 Å². The minimum atomic E-state index is 0.730. The van der Waals surface area contributed by atoms with Gasteiger partial charge in [0.05, 0.1) is 0 Å². The van der Waals surface area contributed by atoms with Crippen molar-refractivity contribution < 1.29 is 0 Å². The molecular weight excluding hydrogens is 302 g/mol. The Labute approximate surface area is 156 Å². The first-order chi connectivity index (χ1) is 12.3. The van der Waals surface area contributed by atoms with E-state index < -0.39 is 0 Å². The van der Waals surface area contributed by atoms with Crippen LogP contribution >= 0.6 is 0 Å². The van der Waals surface area contributed by atoms with Gasteiger partial charge in [0.2, 0.25) is 0 Å². The lowest BCUT2D eigenvalue weighted by Gasteiger charge is -2.37. The summed E-state index contributed by atoms with van der Waals surface area (Å²) in [6.45, 7) is 4.61. The van der Waals surface area contributed by atoms with Crippen molar-refractivity contribution in [2.45, 2.75) is 103 Å². The van der Waals surface area contributed by atoms with E-state index in [0.29, 0.717) is 0 Å². The minimum Gasteiger partial charge on any atom is -0.261 e. The van der Waals surface area contributed by atoms with Gasteiger partial charge in [-0.05, 0) is 80.8 Å². The summed E-state index contributed by atoms with van der Waals surface area (Å²) >= 11 is 0. The Morgan fingerprint density at radius 3 is 2.08 bits per heavy atom. The van der Waals surface area contributed by atoms with Crippen LogP contribution in [0, 0.1) is 17.8 Å². The molecule has 0 N–H and O–H groups in total. The van der Waals surface area contributed by atoms with E-state index in [4.69, 9.17) is 4.98 Å². The topological polar surface area (TPSA) is 12.9 Å². The van der Waals surface area contributed by atoms with E-state index in [9.17, 15) is 0 Å². The van der Waals surface area contributed by atoms with E-state index in [1.54, 1.807) is 0 Å². The van der Waals surface area contributed by atoms with E-state index in [2.05, 4.69) is 32.2 Å². The maximum absolute atomic E-state index is 4.82. The van der Waals surface area contributed by atoms with E-state index in [0.717, 1.165) is 23.7 Å². The molecule has 0 amide bonds. The molecule has 0 bridgehead atoms. The summed E-state index contributed by atoms with van der Waals surface area (Å²) in [4.78, 5) is 4.82. The Bertz CT molecular complexity index is 475. The average molecular weight is 342 g/mol. The van der Waals surface area contributed by atoms with Crippen LogP contribution in [0.1, 0.15) is 108 Å². The van der Waals surface area contributed by atoms with Crippen molar-refractivity contribution in [2.24, 2.45) is 17.8 Å². The molecule has 1 nitrogen and oxygen atoms in total. The predicted octanol–water partition coefficient (Wildman–Crippen LogP) is 7.30. The highest BCUT2D eigenvalue weighted by atomic mass is 14.7. The molecule has 1 heterocycles. The molecule has 1 heteroatoms. The SMILES string of the molecule is CCCCc1ccc(C2CCC([C@H]3CC[C@H](CCC)CC3)CC2)nc1. The second-order valence-electron chi connectivity index (χ2n) is 8.88. The van der Waals surface area contributed by atoms with Gasteiger partial charge in [0.1, 0.15) is 0 Å². The quantitative estimate of drug-likeness (QED) is 0.507. The van der Waals surface area contributed by atoms with Gasteiger partial charge in [0.25, 0.3) is 0 Å². The molecule has 0 unspecified atom stereocenters. The maximum Gasteiger partial charge on any atom is 0.0434 e. The number of hydrogen-bond donors (Lipinski definition) is 0. The number of nitrogens with zero attached hydrogens (tertiary/aromatic N) is 1. The van der Waals surface area contributed by atoms with Crippen LogP contribution in [0.3, 0.4) is 0 Å². The average Bonchev–Trinajstić information content (AvgIpc) is 2.68. The number of hydrogen-bond acceptors (Lipinski definition) is 1. The summed E-state index contributed by atoms with van der Waals surface area (Å²) in [5.74, 6) is 3.84. The molecule has 2 fully saturated rings. The standard InChI is InChI=1S/C24H39N/c1-3-5-7-20-10-17-24(25-18-20)23-15-13-22(14-16-23)21-11-8-19(6-4-2)9-12-21/h10,17-19,21-23H,3-9,11-16H2,1-2H3/t19-,21-,22?,23?. The fraction of sp³-hybridized carbons (Fsp3) is 0.792. The number of rotatable bonds is 7. The third-order valence-corrected chi connectivity index (χ3v) is 7.11. The van der Waals surface area contributed by atoms with Crippen LogP contribution in [0.4, 0.5) is 0 Å². The Kier molecular flexibility index (Phi) is 7.37. The summed E-state index contributed by atoms with van der Waals surface area (Å²) < 4.78 is 0. The largest absolute Gasteiger partial charge is 0.261 e. The van der Waals surface area contributed by atoms with Crippen molar-refractivity contribution in [1.29, 1.82) is 0 Å². The smallest absolute Gasteiger partial charge is 0.0434 e. The van der Waals surface area contributed by atoms with Gasteiger partial charge in [-0.3, -0.25) is 4.98 Å². The second kappa shape index (κ2) is 9.74. The molecule has 3 rings (SSSR count). The molecule has 2 aliphatic carbocycles. The summed E-state index contributed by atoms with van der Waals surface area (Å²) in [5, 5.41) is 0. The summed E-state index contributed by atoms with van der Waals surface area (Å²) in [6, 6.07) is 4.66. The Balaban J connectivity index is 1.44. The van der Waals surface area contributed by atoms with Gasteiger partial charge in [-0.15, -0.1) is 0 Å². The lowest BCUT2D eigenvalue weighted by Crippen LogP contribution is -2.25. The molecule has 0 saturated heterocycles. The van der Waals surface area contributed by atoms with Crippen molar-refractivity contribution in [3.05, 3.63) is 29.6 Å². The van der Waals surface area contributed by atoms with Gasteiger partial charge < -0.3 is 0 Å². The van der Waals surface area contributed by atoms with Gasteiger partial charge in [-0.1, -0.05) is 52.0 Å². The molecule has 0 atom stereocenters. The number of aryl methyl sites for hydroxylation is 1. The van der Waals surface area contributed by atoms with E-state index in [-0.39, 0.29) is 0 Å². The van der Waals surface area contributed by atoms with Crippen LogP contribution in [-0.4, -0.2) is 4.98 Å². The van der Waals surface area contributed by atoms with Crippen molar-refractivity contribution in [2.75, 3.05) is 0 Å². The van der Waals surface area contributed by atoms with Gasteiger partial charge in [-0.25, -0.2) is 0 Å². The van der Waals surface area contributed by atoms with Gasteiger partial charge >= 0.3 is 0 Å². The van der Waals surface area contributed by atoms with Crippen LogP contribution in [0.25, 0.3) is 0 Å². The summed E-state index contributed by atoms with van der Waals surface area (Å²) in [5.41, 5.74) is 2.79. The third kappa shape index (κ3) is 5.31. The highest BCUT2D eigenvalue weighted by Gasteiger charge is 2.31. The van der Waals surface area contributed by atoms with Crippen molar-refractivity contribution in [3.8, 4) is 0 Å². The van der Waals surface area contributed by atoms with Crippen molar-refractivity contribution >= 4 is 0 Å². The number of pyridine rings is 1. The zero-order valence-electron chi connectivity index (χ0n) is 16.7. The summed E-state index contributed by atoms with van der Waals surface area (Å²) in [6.07, 6.45) is 20.5. The van der Waals surface area contributed by atoms with E-state index in [1.807, 2.05) is 0 Å². The second-order valence-corrected chi connectivity index (χ2v) is 8.88. The fourth-order valence-corrected chi connectivity index (χ4v) is 5.45. The fourth-order valence-electron chi connectivity index (χ4n) is 5.45. The normalized spacial score (nSPS) is 30.3. The van der Waals surface area contributed by atoms with E-state index >= 15 is 0 Å². The van der Waals surface area contributed by atoms with Gasteiger partial charge in [0, 0.05) is 17.8 Å². The van der Waals surface area contributed by atoms with Gasteiger partial charge in [0.15, 0.2) is 0 Å².